The van der Waals surface area contributed by atoms with Gasteiger partial charge in [-0.25, -0.2) is 0 Å². The van der Waals surface area contributed by atoms with Gasteiger partial charge in [0.15, 0.2) is 5.78 Å². The molecule has 0 amide bonds. The van der Waals surface area contributed by atoms with E-state index in [2.05, 4.69) is 0 Å². The molecule has 1 aromatic rings. The number of esters is 2. The molecule has 6 nitrogen and oxygen atoms in total. The molecule has 0 saturated carbocycles. The summed E-state index contributed by atoms with van der Waals surface area (Å²) in [4.78, 5) is 36.1. The Kier molecular flexibility index (Phi) is 7.08. The van der Waals surface area contributed by atoms with Crippen LogP contribution >= 0.6 is 0 Å². The predicted molar refractivity (Wildman–Crippen MR) is 78.7 cm³/mol. The highest BCUT2D eigenvalue weighted by Crippen LogP contribution is 2.19. The van der Waals surface area contributed by atoms with E-state index in [9.17, 15) is 14.4 Å². The van der Waals surface area contributed by atoms with Gasteiger partial charge in [-0.1, -0.05) is 12.1 Å². The Balaban J connectivity index is 3.00. The third-order valence-corrected chi connectivity index (χ3v) is 2.92. The number of methoxy groups -OCH3 is 1. The van der Waals surface area contributed by atoms with Crippen molar-refractivity contribution in [3.05, 3.63) is 29.8 Å². The van der Waals surface area contributed by atoms with Crippen molar-refractivity contribution in [3.63, 3.8) is 0 Å². The molecule has 0 saturated heterocycles. The smallest absolute Gasteiger partial charge is 0.317 e. The second-order valence-corrected chi connectivity index (χ2v) is 4.41. The number of Topliss-reactive ketones (excluding diaryl/α,β-unsaturated/α-hetero) is 1. The minimum absolute atomic E-state index is 0.129. The van der Waals surface area contributed by atoms with Crippen molar-refractivity contribution in [2.24, 2.45) is 5.92 Å². The van der Waals surface area contributed by atoms with Crippen molar-refractivity contribution in [2.45, 2.75) is 20.3 Å². The van der Waals surface area contributed by atoms with E-state index in [-0.39, 0.29) is 25.2 Å². The summed E-state index contributed by atoms with van der Waals surface area (Å²) in [5, 5.41) is 0. The lowest BCUT2D eigenvalue weighted by Gasteiger charge is -2.14. The summed E-state index contributed by atoms with van der Waals surface area (Å²) >= 11 is 0. The zero-order valence-corrected chi connectivity index (χ0v) is 13.0. The molecule has 6 heteroatoms. The molecule has 0 radical (unpaired) electrons. The van der Waals surface area contributed by atoms with Gasteiger partial charge in [-0.15, -0.1) is 0 Å². The summed E-state index contributed by atoms with van der Waals surface area (Å²) in [6.07, 6.45) is -0.345. The van der Waals surface area contributed by atoms with E-state index in [1.165, 1.54) is 13.2 Å². The van der Waals surface area contributed by atoms with Crippen LogP contribution in [0.5, 0.6) is 5.75 Å². The number of benzene rings is 1. The maximum atomic E-state index is 12.5. The summed E-state index contributed by atoms with van der Waals surface area (Å²) in [5.41, 5.74) is 0.279. The highest BCUT2D eigenvalue weighted by molar-refractivity contribution is 6.10. The maximum absolute atomic E-state index is 12.5. The molecule has 0 aliphatic carbocycles. The topological polar surface area (TPSA) is 78.9 Å². The van der Waals surface area contributed by atoms with Crippen LogP contribution in [-0.4, -0.2) is 38.0 Å². The molecule has 1 atom stereocenters. The van der Waals surface area contributed by atoms with Crippen LogP contribution in [-0.2, 0) is 19.1 Å². The van der Waals surface area contributed by atoms with E-state index >= 15 is 0 Å². The zero-order chi connectivity index (χ0) is 16.5. The van der Waals surface area contributed by atoms with E-state index in [0.29, 0.717) is 5.75 Å². The second kappa shape index (κ2) is 8.81. The standard InChI is InChI=1S/C16H20O6/c1-4-21-14(17)10-13(16(19)22-5-2)15(18)11-7-6-8-12(9-11)20-3/h6-9,13H,4-5,10H2,1-3H3. The molecule has 0 aliphatic heterocycles. The van der Waals surface area contributed by atoms with Crippen LogP contribution in [0.3, 0.4) is 0 Å². The lowest BCUT2D eigenvalue weighted by Crippen LogP contribution is -2.29. The SMILES string of the molecule is CCOC(=O)CC(C(=O)OCC)C(=O)c1cccc(OC)c1. The van der Waals surface area contributed by atoms with Crippen molar-refractivity contribution < 1.29 is 28.6 Å². The lowest BCUT2D eigenvalue weighted by molar-refractivity contribution is -0.152. The van der Waals surface area contributed by atoms with Gasteiger partial charge in [-0.05, 0) is 26.0 Å². The molecule has 120 valence electrons. The number of hydrogen-bond donors (Lipinski definition) is 0. The molecule has 0 bridgehead atoms. The van der Waals surface area contributed by atoms with Crippen molar-refractivity contribution >= 4 is 17.7 Å². The number of ketones is 1. The van der Waals surface area contributed by atoms with Gasteiger partial charge in [0, 0.05) is 5.56 Å². The molecular formula is C16H20O6. The first-order valence-electron chi connectivity index (χ1n) is 7.04. The van der Waals surface area contributed by atoms with Crippen molar-refractivity contribution in [3.8, 4) is 5.75 Å². The highest BCUT2D eigenvalue weighted by atomic mass is 16.5. The van der Waals surface area contributed by atoms with Crippen LogP contribution in [0.1, 0.15) is 30.6 Å². The predicted octanol–water partition coefficient (Wildman–Crippen LogP) is 2.01. The number of rotatable bonds is 8. The molecule has 0 aliphatic rings. The minimum Gasteiger partial charge on any atom is -0.497 e. The Bertz CT molecular complexity index is 537. The fourth-order valence-corrected chi connectivity index (χ4v) is 1.89. The first-order valence-corrected chi connectivity index (χ1v) is 7.04. The van der Waals surface area contributed by atoms with E-state index in [4.69, 9.17) is 14.2 Å². The average Bonchev–Trinajstić information content (AvgIpc) is 2.52. The molecule has 0 fully saturated rings. The highest BCUT2D eigenvalue weighted by Gasteiger charge is 2.32. The number of ether oxygens (including phenoxy) is 3. The van der Waals surface area contributed by atoms with Crippen LogP contribution < -0.4 is 4.74 Å². The van der Waals surface area contributed by atoms with Gasteiger partial charge in [0.25, 0.3) is 0 Å². The summed E-state index contributed by atoms with van der Waals surface area (Å²) in [6, 6.07) is 6.39. The molecule has 0 aromatic heterocycles. The van der Waals surface area contributed by atoms with Gasteiger partial charge in [-0.2, -0.15) is 0 Å². The summed E-state index contributed by atoms with van der Waals surface area (Å²) < 4.78 is 14.7. The third kappa shape index (κ3) is 4.87. The fourth-order valence-electron chi connectivity index (χ4n) is 1.89. The van der Waals surface area contributed by atoms with E-state index in [1.807, 2.05) is 0 Å². The summed E-state index contributed by atoms with van der Waals surface area (Å²) in [5.74, 6) is -2.57. The monoisotopic (exact) mass is 308 g/mol. The molecule has 1 aromatic carbocycles. The van der Waals surface area contributed by atoms with E-state index < -0.39 is 23.6 Å². The average molecular weight is 308 g/mol. The molecule has 0 N–H and O–H groups in total. The molecule has 0 spiro atoms. The van der Waals surface area contributed by atoms with Gasteiger partial charge < -0.3 is 14.2 Å². The van der Waals surface area contributed by atoms with E-state index in [1.54, 1.807) is 32.0 Å². The number of carbonyl (C=O) groups excluding carboxylic acids is 3. The van der Waals surface area contributed by atoms with Crippen molar-refractivity contribution in [1.82, 2.24) is 0 Å². The first-order chi connectivity index (χ1) is 10.5. The Hall–Kier alpha value is -2.37. The quantitative estimate of drug-likeness (QED) is 0.415. The van der Waals surface area contributed by atoms with Gasteiger partial charge in [0.05, 0.1) is 26.7 Å². The first kappa shape index (κ1) is 17.7. The molecule has 1 rings (SSSR count). The number of hydrogen-bond acceptors (Lipinski definition) is 6. The Labute approximate surface area is 129 Å². The van der Waals surface area contributed by atoms with Crippen LogP contribution in [0.15, 0.2) is 24.3 Å². The van der Waals surface area contributed by atoms with Gasteiger partial charge in [0.1, 0.15) is 11.7 Å². The third-order valence-electron chi connectivity index (χ3n) is 2.92. The molecule has 1 unspecified atom stereocenters. The van der Waals surface area contributed by atoms with Gasteiger partial charge in [-0.3, -0.25) is 14.4 Å². The maximum Gasteiger partial charge on any atom is 0.317 e. The lowest BCUT2D eigenvalue weighted by atomic mass is 9.94. The fraction of sp³-hybridized carbons (Fsp3) is 0.438. The molecule has 22 heavy (non-hydrogen) atoms. The summed E-state index contributed by atoms with van der Waals surface area (Å²) in [7, 11) is 1.48. The molecular weight excluding hydrogens is 288 g/mol. The Morgan fingerprint density at radius 1 is 1.09 bits per heavy atom. The van der Waals surface area contributed by atoms with Crippen LogP contribution in [0, 0.1) is 5.92 Å². The van der Waals surface area contributed by atoms with Crippen molar-refractivity contribution in [1.29, 1.82) is 0 Å². The van der Waals surface area contributed by atoms with Crippen LogP contribution in [0.4, 0.5) is 0 Å². The molecule has 0 heterocycles. The van der Waals surface area contributed by atoms with Crippen LogP contribution in [0.25, 0.3) is 0 Å². The summed E-state index contributed by atoms with van der Waals surface area (Å²) in [6.45, 7) is 3.60. The second-order valence-electron chi connectivity index (χ2n) is 4.41. The largest absolute Gasteiger partial charge is 0.497 e. The Morgan fingerprint density at radius 2 is 1.77 bits per heavy atom. The normalized spacial score (nSPS) is 11.4. The van der Waals surface area contributed by atoms with Crippen molar-refractivity contribution in [2.75, 3.05) is 20.3 Å². The van der Waals surface area contributed by atoms with E-state index in [0.717, 1.165) is 0 Å². The number of carbonyl (C=O) groups is 3. The van der Waals surface area contributed by atoms with Gasteiger partial charge in [0.2, 0.25) is 0 Å². The Morgan fingerprint density at radius 3 is 2.36 bits per heavy atom. The minimum atomic E-state index is -1.22. The van der Waals surface area contributed by atoms with Gasteiger partial charge >= 0.3 is 11.9 Å². The zero-order valence-electron chi connectivity index (χ0n) is 13.0. The van der Waals surface area contributed by atoms with Crippen LogP contribution in [0.2, 0.25) is 0 Å².